The Balaban J connectivity index is 1.53. The molecule has 1 saturated heterocycles. The lowest BCUT2D eigenvalue weighted by Crippen LogP contribution is -2.37. The third kappa shape index (κ3) is 5.24. The predicted molar refractivity (Wildman–Crippen MR) is 120 cm³/mol. The Hall–Kier alpha value is -3.32. The zero-order valence-corrected chi connectivity index (χ0v) is 18.0. The second-order valence-corrected chi connectivity index (χ2v) is 7.66. The molecule has 162 valence electrons. The molecule has 2 aromatic carbocycles. The summed E-state index contributed by atoms with van der Waals surface area (Å²) in [6.07, 6.45) is 1.94. The third-order valence-corrected chi connectivity index (χ3v) is 5.31. The molecule has 4 rings (SSSR count). The van der Waals surface area contributed by atoms with E-state index >= 15 is 0 Å². The molecule has 1 amide bonds. The molecule has 1 aliphatic rings. The van der Waals surface area contributed by atoms with Crippen LogP contribution in [0.1, 0.15) is 11.1 Å². The number of amides is 1. The summed E-state index contributed by atoms with van der Waals surface area (Å²) in [5.74, 6) is 1.58. The number of hydrogen-bond donors (Lipinski definition) is 1. The fourth-order valence-electron chi connectivity index (χ4n) is 3.72. The molecule has 1 aliphatic heterocycles. The average Bonchev–Trinajstić information content (AvgIpc) is 3.22. The number of carbonyl (C=O) groups excluding carboxylic acids is 1. The van der Waals surface area contributed by atoms with Crippen molar-refractivity contribution in [2.45, 2.75) is 20.0 Å². The Kier molecular flexibility index (Phi) is 6.52. The van der Waals surface area contributed by atoms with Crippen LogP contribution >= 0.6 is 0 Å². The van der Waals surface area contributed by atoms with Crippen molar-refractivity contribution >= 4 is 11.7 Å². The van der Waals surface area contributed by atoms with E-state index in [9.17, 15) is 4.79 Å². The minimum atomic E-state index is -0.0743. The van der Waals surface area contributed by atoms with Crippen molar-refractivity contribution in [3.05, 3.63) is 65.9 Å². The van der Waals surface area contributed by atoms with Crippen molar-refractivity contribution in [3.8, 4) is 16.9 Å². The minimum absolute atomic E-state index is 0.0743. The molecule has 0 atom stereocenters. The number of ether oxygens (including phenoxy) is 2. The second-order valence-electron chi connectivity index (χ2n) is 7.66. The van der Waals surface area contributed by atoms with Crippen LogP contribution in [-0.4, -0.2) is 49.1 Å². The maximum absolute atomic E-state index is 12.6. The predicted octanol–water partition coefficient (Wildman–Crippen LogP) is 3.02. The van der Waals surface area contributed by atoms with Gasteiger partial charge >= 0.3 is 0 Å². The average molecular weight is 421 g/mol. The van der Waals surface area contributed by atoms with Crippen LogP contribution in [0.2, 0.25) is 0 Å². The zero-order valence-electron chi connectivity index (χ0n) is 18.0. The normalized spacial score (nSPS) is 13.8. The van der Waals surface area contributed by atoms with Gasteiger partial charge in [-0.05, 0) is 30.2 Å². The van der Waals surface area contributed by atoms with E-state index in [-0.39, 0.29) is 12.5 Å². The topological polar surface area (TPSA) is 68.6 Å². The number of nitrogens with one attached hydrogen (secondary N) is 1. The van der Waals surface area contributed by atoms with Crippen LogP contribution in [0.25, 0.3) is 11.1 Å². The zero-order chi connectivity index (χ0) is 21.6. The van der Waals surface area contributed by atoms with Crippen LogP contribution in [-0.2, 0) is 22.6 Å². The molecule has 31 heavy (non-hydrogen) atoms. The number of methoxy groups -OCH3 is 1. The summed E-state index contributed by atoms with van der Waals surface area (Å²) < 4.78 is 12.6. The standard InChI is InChI=1S/C24H28N4O3/c1-18-5-3-6-19(13-18)15-25-23(29)17-28-16-22(20-7-4-8-21(14-20)30-2)24(26-28)27-9-11-31-12-10-27/h3-8,13-14,16H,9-12,15,17H2,1-2H3,(H,25,29). The molecule has 2 heterocycles. The number of aryl methyl sites for hydroxylation is 1. The lowest BCUT2D eigenvalue weighted by Gasteiger charge is -2.27. The highest BCUT2D eigenvalue weighted by molar-refractivity contribution is 5.78. The van der Waals surface area contributed by atoms with E-state index in [2.05, 4.69) is 16.3 Å². The smallest absolute Gasteiger partial charge is 0.241 e. The van der Waals surface area contributed by atoms with Gasteiger partial charge in [0.25, 0.3) is 0 Å². The molecule has 1 aromatic heterocycles. The molecule has 7 nitrogen and oxygen atoms in total. The summed E-state index contributed by atoms with van der Waals surface area (Å²) in [5, 5.41) is 7.75. The summed E-state index contributed by atoms with van der Waals surface area (Å²) in [6.45, 7) is 5.58. The van der Waals surface area contributed by atoms with Gasteiger partial charge in [-0.25, -0.2) is 0 Å². The molecule has 0 spiro atoms. The Morgan fingerprint density at radius 1 is 1.16 bits per heavy atom. The van der Waals surface area contributed by atoms with Crippen LogP contribution in [0.5, 0.6) is 5.75 Å². The van der Waals surface area contributed by atoms with Crippen molar-refractivity contribution in [1.29, 1.82) is 0 Å². The van der Waals surface area contributed by atoms with E-state index in [0.29, 0.717) is 19.8 Å². The minimum Gasteiger partial charge on any atom is -0.497 e. The highest BCUT2D eigenvalue weighted by Crippen LogP contribution is 2.32. The van der Waals surface area contributed by atoms with Gasteiger partial charge in [-0.1, -0.05) is 42.0 Å². The van der Waals surface area contributed by atoms with E-state index in [1.165, 1.54) is 5.56 Å². The number of morpholine rings is 1. The fourth-order valence-corrected chi connectivity index (χ4v) is 3.72. The lowest BCUT2D eigenvalue weighted by atomic mass is 10.1. The van der Waals surface area contributed by atoms with Gasteiger partial charge in [-0.2, -0.15) is 5.10 Å². The molecular formula is C24H28N4O3. The van der Waals surface area contributed by atoms with Gasteiger partial charge in [0.1, 0.15) is 12.3 Å². The Labute approximate surface area is 182 Å². The second kappa shape index (κ2) is 9.66. The van der Waals surface area contributed by atoms with E-state index in [4.69, 9.17) is 14.6 Å². The highest BCUT2D eigenvalue weighted by atomic mass is 16.5. The quantitative estimate of drug-likeness (QED) is 0.636. The molecule has 1 fully saturated rings. The van der Waals surface area contributed by atoms with Gasteiger partial charge in [-0.15, -0.1) is 0 Å². The van der Waals surface area contributed by atoms with Gasteiger partial charge in [0, 0.05) is 31.4 Å². The molecule has 7 heteroatoms. The first-order valence-corrected chi connectivity index (χ1v) is 10.5. The number of nitrogens with zero attached hydrogens (tertiary/aromatic N) is 3. The SMILES string of the molecule is COc1cccc(-c2cn(CC(=O)NCc3cccc(C)c3)nc2N2CCOCC2)c1. The first-order chi connectivity index (χ1) is 15.1. The largest absolute Gasteiger partial charge is 0.497 e. The van der Waals surface area contributed by atoms with Crippen molar-refractivity contribution in [3.63, 3.8) is 0 Å². The van der Waals surface area contributed by atoms with E-state index in [0.717, 1.165) is 41.3 Å². The number of carbonyl (C=O) groups is 1. The summed E-state index contributed by atoms with van der Waals surface area (Å²) >= 11 is 0. The van der Waals surface area contributed by atoms with E-state index in [1.54, 1.807) is 11.8 Å². The molecule has 0 radical (unpaired) electrons. The molecule has 0 saturated carbocycles. The number of hydrogen-bond acceptors (Lipinski definition) is 5. The van der Waals surface area contributed by atoms with Crippen LogP contribution in [0.4, 0.5) is 5.82 Å². The number of rotatable bonds is 7. The molecule has 0 bridgehead atoms. The van der Waals surface area contributed by atoms with Gasteiger partial charge in [0.05, 0.1) is 20.3 Å². The maximum Gasteiger partial charge on any atom is 0.241 e. The molecule has 0 unspecified atom stereocenters. The lowest BCUT2D eigenvalue weighted by molar-refractivity contribution is -0.122. The van der Waals surface area contributed by atoms with Crippen molar-refractivity contribution in [1.82, 2.24) is 15.1 Å². The molecule has 1 N–H and O–H groups in total. The van der Waals surface area contributed by atoms with Gasteiger partial charge in [0.2, 0.25) is 5.91 Å². The van der Waals surface area contributed by atoms with Crippen LogP contribution in [0.3, 0.4) is 0 Å². The summed E-state index contributed by atoms with van der Waals surface area (Å²) in [4.78, 5) is 14.8. The first kappa shape index (κ1) is 20.9. The number of anilines is 1. The monoisotopic (exact) mass is 420 g/mol. The third-order valence-electron chi connectivity index (χ3n) is 5.31. The van der Waals surface area contributed by atoms with Crippen LogP contribution in [0.15, 0.2) is 54.7 Å². The number of benzene rings is 2. The Morgan fingerprint density at radius 3 is 2.74 bits per heavy atom. The Morgan fingerprint density at radius 2 is 1.97 bits per heavy atom. The molecular weight excluding hydrogens is 392 g/mol. The van der Waals surface area contributed by atoms with Crippen molar-refractivity contribution in [2.75, 3.05) is 38.3 Å². The Bertz CT molecular complexity index is 1040. The highest BCUT2D eigenvalue weighted by Gasteiger charge is 2.21. The summed E-state index contributed by atoms with van der Waals surface area (Å²) in [7, 11) is 1.66. The van der Waals surface area contributed by atoms with Gasteiger partial charge < -0.3 is 19.7 Å². The van der Waals surface area contributed by atoms with Gasteiger partial charge in [-0.3, -0.25) is 9.48 Å². The molecule has 0 aliphatic carbocycles. The first-order valence-electron chi connectivity index (χ1n) is 10.5. The summed E-state index contributed by atoms with van der Waals surface area (Å²) in [5.41, 5.74) is 4.25. The maximum atomic E-state index is 12.6. The van der Waals surface area contributed by atoms with Crippen molar-refractivity contribution < 1.29 is 14.3 Å². The van der Waals surface area contributed by atoms with E-state index < -0.39 is 0 Å². The van der Waals surface area contributed by atoms with Crippen molar-refractivity contribution in [2.24, 2.45) is 0 Å². The van der Waals surface area contributed by atoms with Crippen LogP contribution < -0.4 is 15.0 Å². The summed E-state index contributed by atoms with van der Waals surface area (Å²) in [6, 6.07) is 16.0. The van der Waals surface area contributed by atoms with Crippen LogP contribution in [0, 0.1) is 6.92 Å². The van der Waals surface area contributed by atoms with Gasteiger partial charge in [0.15, 0.2) is 5.82 Å². The van der Waals surface area contributed by atoms with E-state index in [1.807, 2.05) is 55.6 Å². The molecule has 3 aromatic rings. The number of aromatic nitrogens is 2. The fraction of sp³-hybridized carbons (Fsp3) is 0.333.